The fraction of sp³-hybridized carbons (Fsp3) is 0.391. The van der Waals surface area contributed by atoms with Crippen molar-refractivity contribution in [1.29, 1.82) is 0 Å². The Bertz CT molecular complexity index is 1900. The Labute approximate surface area is 366 Å². The van der Waals surface area contributed by atoms with E-state index in [0.29, 0.717) is 76.1 Å². The minimum atomic E-state index is -0.289. The molecule has 0 aliphatic heterocycles. The molecule has 61 heavy (non-hydrogen) atoms. The van der Waals surface area contributed by atoms with Gasteiger partial charge in [0, 0.05) is 76.1 Å². The fourth-order valence-corrected chi connectivity index (χ4v) is 5.79. The molecule has 0 radical (unpaired) electrons. The van der Waals surface area contributed by atoms with Crippen LogP contribution in [0.1, 0.15) is 181 Å². The number of halogens is 2. The summed E-state index contributed by atoms with van der Waals surface area (Å²) in [7, 11) is 0. The van der Waals surface area contributed by atoms with Crippen molar-refractivity contribution in [1.82, 2.24) is 0 Å². The standard InChI is InChI=1S/C28H32N2O6.C10H11NO2.C8H12Cl2O2/c1-17(31)21-11-22(18(2)32)14-25(13-21)29-27(35)9-7-5-6-8-10-28(36)30-26-15-23(19(3)33)12-24(16-26)20(4)34;1-6(12)8-3-9(7(2)13)5-10(11)4-8;9-7(11)5-3-1-2-4-6-8(10)12/h11-16H,5-10H2,1-4H3,(H,29,35)(H,30,36);3-5H,11H2,1-2H3;1-6H2. The average Bonchev–Trinajstić information content (AvgIpc) is 3.17. The molecule has 0 unspecified atom stereocenters. The van der Waals surface area contributed by atoms with Gasteiger partial charge in [-0.05, 0) is 145 Å². The van der Waals surface area contributed by atoms with Crippen molar-refractivity contribution >= 4 is 97.3 Å². The quantitative estimate of drug-likeness (QED) is 0.0373. The molecule has 3 aromatic rings. The van der Waals surface area contributed by atoms with Crippen molar-refractivity contribution in [3.8, 4) is 0 Å². The van der Waals surface area contributed by atoms with Crippen molar-refractivity contribution < 1.29 is 47.9 Å². The number of rotatable bonds is 22. The number of ketones is 6. The smallest absolute Gasteiger partial charge is 0.224 e. The van der Waals surface area contributed by atoms with Crippen LogP contribution in [-0.2, 0) is 19.2 Å². The van der Waals surface area contributed by atoms with Gasteiger partial charge in [-0.2, -0.15) is 0 Å². The Balaban J connectivity index is 0.000000602. The molecule has 0 saturated heterocycles. The monoisotopic (exact) mass is 879 g/mol. The molecule has 0 atom stereocenters. The van der Waals surface area contributed by atoms with E-state index in [2.05, 4.69) is 10.6 Å². The third kappa shape index (κ3) is 23.1. The molecule has 4 N–H and O–H groups in total. The summed E-state index contributed by atoms with van der Waals surface area (Å²) in [6.07, 6.45) is 7.64. The third-order valence-corrected chi connectivity index (χ3v) is 9.26. The number of nitrogens with two attached hydrogens (primary N) is 1. The molecule has 13 nitrogen and oxygen atoms in total. The van der Waals surface area contributed by atoms with E-state index in [1.54, 1.807) is 42.5 Å². The third-order valence-electron chi connectivity index (χ3n) is 8.88. The van der Waals surface area contributed by atoms with Gasteiger partial charge >= 0.3 is 0 Å². The molecule has 0 aliphatic rings. The molecule has 0 heterocycles. The van der Waals surface area contributed by atoms with Crippen molar-refractivity contribution in [2.45, 2.75) is 119 Å². The van der Waals surface area contributed by atoms with Crippen LogP contribution < -0.4 is 16.4 Å². The predicted octanol–water partition coefficient (Wildman–Crippen LogP) is 9.95. The first-order chi connectivity index (χ1) is 28.6. The molecular formula is C46H55Cl2N3O10. The van der Waals surface area contributed by atoms with Gasteiger partial charge in [-0.1, -0.05) is 25.7 Å². The Morgan fingerprint density at radius 1 is 0.377 bits per heavy atom. The summed E-state index contributed by atoms with van der Waals surface area (Å²) in [5.41, 5.74) is 9.20. The number of nitrogen functional groups attached to an aromatic ring is 1. The lowest BCUT2D eigenvalue weighted by atomic mass is 10.0. The van der Waals surface area contributed by atoms with Crippen molar-refractivity contribution in [2.75, 3.05) is 16.4 Å². The van der Waals surface area contributed by atoms with Crippen LogP contribution in [0, 0.1) is 0 Å². The number of anilines is 3. The molecule has 0 fully saturated rings. The van der Waals surface area contributed by atoms with E-state index in [1.165, 1.54) is 53.7 Å². The van der Waals surface area contributed by atoms with Gasteiger partial charge in [0.2, 0.25) is 22.3 Å². The normalized spacial score (nSPS) is 10.2. The van der Waals surface area contributed by atoms with Gasteiger partial charge in [0.25, 0.3) is 0 Å². The summed E-state index contributed by atoms with van der Waals surface area (Å²) in [6, 6.07) is 13.9. The van der Waals surface area contributed by atoms with Crippen LogP contribution in [0.3, 0.4) is 0 Å². The molecule has 0 saturated carbocycles. The molecule has 15 heteroatoms. The first-order valence-electron chi connectivity index (χ1n) is 19.8. The summed E-state index contributed by atoms with van der Waals surface area (Å²) in [4.78, 5) is 114. The SMILES string of the molecule is CC(=O)c1cc(N)cc(C(C)=O)c1.CC(=O)c1cc(NC(=O)CCCCCCC(=O)Nc2cc(C(C)=O)cc(C(C)=O)c2)cc(C(C)=O)c1.O=C(Cl)CCCCCCC(=O)Cl. The first kappa shape index (κ1) is 53.4. The minimum absolute atomic E-state index is 0.0881. The maximum atomic E-state index is 12.3. The zero-order valence-corrected chi connectivity index (χ0v) is 37.1. The van der Waals surface area contributed by atoms with Crippen molar-refractivity contribution in [2.24, 2.45) is 0 Å². The molecule has 328 valence electrons. The lowest BCUT2D eigenvalue weighted by Crippen LogP contribution is -2.13. The predicted molar refractivity (Wildman–Crippen MR) is 238 cm³/mol. The fourth-order valence-electron chi connectivity index (χ4n) is 5.52. The molecular weight excluding hydrogens is 825 g/mol. The average molecular weight is 881 g/mol. The molecule has 0 aliphatic carbocycles. The van der Waals surface area contributed by atoms with E-state index in [9.17, 15) is 47.9 Å². The van der Waals surface area contributed by atoms with E-state index in [0.717, 1.165) is 38.5 Å². The number of nitrogens with one attached hydrogen (secondary N) is 2. The Hall–Kier alpha value is -5.66. The highest BCUT2D eigenvalue weighted by Gasteiger charge is 2.12. The van der Waals surface area contributed by atoms with Crippen molar-refractivity contribution in [3.63, 3.8) is 0 Å². The number of hydrogen-bond donors (Lipinski definition) is 3. The Kier molecular flexibility index (Phi) is 24.5. The summed E-state index contributed by atoms with van der Waals surface area (Å²) >= 11 is 10.3. The molecule has 3 rings (SSSR count). The molecule has 2 amide bonds. The molecule has 0 spiro atoms. The number of amides is 2. The Morgan fingerprint density at radius 2 is 0.607 bits per heavy atom. The minimum Gasteiger partial charge on any atom is -0.399 e. The van der Waals surface area contributed by atoms with E-state index in [-0.39, 0.29) is 69.8 Å². The van der Waals surface area contributed by atoms with Gasteiger partial charge in [-0.15, -0.1) is 0 Å². The largest absolute Gasteiger partial charge is 0.399 e. The highest BCUT2D eigenvalue weighted by Crippen LogP contribution is 2.19. The van der Waals surface area contributed by atoms with Crippen LogP contribution in [-0.4, -0.2) is 57.0 Å². The second-order valence-corrected chi connectivity index (χ2v) is 15.3. The van der Waals surface area contributed by atoms with E-state index < -0.39 is 0 Å². The van der Waals surface area contributed by atoms with Crippen LogP contribution in [0.5, 0.6) is 0 Å². The van der Waals surface area contributed by atoms with Gasteiger partial charge in [0.15, 0.2) is 34.7 Å². The number of hydrogen-bond acceptors (Lipinski definition) is 11. The first-order valence-corrected chi connectivity index (χ1v) is 20.6. The van der Waals surface area contributed by atoms with Gasteiger partial charge in [-0.25, -0.2) is 0 Å². The maximum Gasteiger partial charge on any atom is 0.224 e. The maximum absolute atomic E-state index is 12.3. The van der Waals surface area contributed by atoms with Crippen LogP contribution in [0.15, 0.2) is 54.6 Å². The van der Waals surface area contributed by atoms with Gasteiger partial charge in [0.05, 0.1) is 0 Å². The zero-order chi connectivity index (χ0) is 46.2. The lowest BCUT2D eigenvalue weighted by molar-refractivity contribution is -0.117. The van der Waals surface area contributed by atoms with E-state index in [1.807, 2.05) is 0 Å². The van der Waals surface area contributed by atoms with Gasteiger partial charge in [0.1, 0.15) is 0 Å². The molecule has 3 aromatic carbocycles. The molecule has 0 aromatic heterocycles. The zero-order valence-electron chi connectivity index (χ0n) is 35.6. The topological polar surface area (TPSA) is 221 Å². The number of Topliss-reactive ketones (excluding diaryl/α,β-unsaturated/α-hetero) is 6. The van der Waals surface area contributed by atoms with Crippen LogP contribution in [0.4, 0.5) is 17.1 Å². The summed E-state index contributed by atoms with van der Waals surface area (Å²) in [5, 5.41) is 4.90. The number of carbonyl (C=O) groups is 10. The number of unbranched alkanes of at least 4 members (excludes halogenated alkanes) is 6. The second-order valence-electron chi connectivity index (χ2n) is 14.4. The highest BCUT2D eigenvalue weighted by molar-refractivity contribution is 6.63. The van der Waals surface area contributed by atoms with Crippen molar-refractivity contribution in [3.05, 3.63) is 88.0 Å². The lowest BCUT2D eigenvalue weighted by Gasteiger charge is -2.09. The summed E-state index contributed by atoms with van der Waals surface area (Å²) in [6.45, 7) is 8.49. The number of benzene rings is 3. The summed E-state index contributed by atoms with van der Waals surface area (Å²) < 4.78 is 0. The van der Waals surface area contributed by atoms with Gasteiger partial charge in [-0.3, -0.25) is 47.9 Å². The van der Waals surface area contributed by atoms with E-state index in [4.69, 9.17) is 28.9 Å². The van der Waals surface area contributed by atoms with Crippen LogP contribution in [0.25, 0.3) is 0 Å². The molecule has 0 bridgehead atoms. The van der Waals surface area contributed by atoms with E-state index >= 15 is 0 Å². The second kappa shape index (κ2) is 28.0. The van der Waals surface area contributed by atoms with Crippen LogP contribution in [0.2, 0.25) is 0 Å². The highest BCUT2D eigenvalue weighted by atomic mass is 35.5. The Morgan fingerprint density at radius 3 is 0.836 bits per heavy atom. The number of carbonyl (C=O) groups excluding carboxylic acids is 10. The van der Waals surface area contributed by atoms with Crippen LogP contribution >= 0.6 is 23.2 Å². The summed E-state index contributed by atoms with van der Waals surface area (Å²) in [5.74, 6) is -1.37. The van der Waals surface area contributed by atoms with Gasteiger partial charge < -0.3 is 16.4 Å².